The van der Waals surface area contributed by atoms with Crippen molar-refractivity contribution in [2.24, 2.45) is 0 Å². The summed E-state index contributed by atoms with van der Waals surface area (Å²) < 4.78 is 10.5. The molecule has 5 heteroatoms. The summed E-state index contributed by atoms with van der Waals surface area (Å²) in [6.07, 6.45) is 0. The Morgan fingerprint density at radius 1 is 0.840 bits per heavy atom. The van der Waals surface area contributed by atoms with Crippen molar-refractivity contribution in [1.29, 1.82) is 0 Å². The van der Waals surface area contributed by atoms with Gasteiger partial charge in [-0.05, 0) is 53.6 Å². The lowest BCUT2D eigenvalue weighted by Crippen LogP contribution is -2.00. The van der Waals surface area contributed by atoms with E-state index >= 15 is 0 Å². The molecule has 126 valence electrons. The third kappa shape index (κ3) is 4.13. The van der Waals surface area contributed by atoms with Crippen LogP contribution in [-0.2, 0) is 4.74 Å². The van der Waals surface area contributed by atoms with Gasteiger partial charge in [-0.1, -0.05) is 47.5 Å². The number of hydrogen-bond acceptors (Lipinski definition) is 3. The summed E-state index contributed by atoms with van der Waals surface area (Å²) in [5.41, 5.74) is 2.51. The quantitative estimate of drug-likeness (QED) is 0.508. The molecule has 0 saturated heterocycles. The Kier molecular flexibility index (Phi) is 5.27. The Labute approximate surface area is 155 Å². The lowest BCUT2D eigenvalue weighted by atomic mass is 10.0. The van der Waals surface area contributed by atoms with Crippen molar-refractivity contribution in [3.8, 4) is 22.6 Å². The van der Waals surface area contributed by atoms with Crippen LogP contribution >= 0.6 is 23.2 Å². The molecule has 3 rings (SSSR count). The largest absolute Gasteiger partial charge is 0.465 e. The van der Waals surface area contributed by atoms with E-state index in [1.54, 1.807) is 30.3 Å². The number of carbonyl (C=O) groups excluding carboxylic acids is 1. The molecule has 3 aromatic carbocycles. The van der Waals surface area contributed by atoms with Gasteiger partial charge in [-0.2, -0.15) is 0 Å². The smallest absolute Gasteiger partial charge is 0.337 e. The van der Waals surface area contributed by atoms with Crippen molar-refractivity contribution in [2.75, 3.05) is 7.11 Å². The van der Waals surface area contributed by atoms with E-state index in [1.165, 1.54) is 7.11 Å². The fraction of sp³-hybridized carbons (Fsp3) is 0.0500. The summed E-state index contributed by atoms with van der Waals surface area (Å²) in [5.74, 6) is 0.857. The van der Waals surface area contributed by atoms with Crippen LogP contribution in [0.2, 0.25) is 10.0 Å². The molecule has 0 atom stereocenters. The Hall–Kier alpha value is -2.49. The van der Waals surface area contributed by atoms with Crippen LogP contribution in [0, 0.1) is 0 Å². The average molecular weight is 373 g/mol. The van der Waals surface area contributed by atoms with Crippen molar-refractivity contribution in [2.45, 2.75) is 0 Å². The minimum absolute atomic E-state index is 0.352. The maximum atomic E-state index is 11.5. The number of halogens is 2. The van der Waals surface area contributed by atoms with Gasteiger partial charge in [0.2, 0.25) is 0 Å². The standard InChI is InChI=1S/C20H14Cl2O3/c1-24-20(23)15-4-2-13(3-5-15)14-6-9-17(10-7-14)25-19-11-8-16(21)12-18(19)22/h2-12H,1H3. The molecule has 0 saturated carbocycles. The van der Waals surface area contributed by atoms with Crippen LogP contribution in [0.4, 0.5) is 0 Å². The van der Waals surface area contributed by atoms with Crippen LogP contribution in [-0.4, -0.2) is 13.1 Å². The van der Waals surface area contributed by atoms with Crippen molar-refractivity contribution >= 4 is 29.2 Å². The Bertz CT molecular complexity index is 888. The van der Waals surface area contributed by atoms with Crippen LogP contribution in [0.25, 0.3) is 11.1 Å². The molecule has 0 aromatic heterocycles. The second-order valence-electron chi connectivity index (χ2n) is 5.27. The zero-order valence-corrected chi connectivity index (χ0v) is 14.8. The molecular formula is C20H14Cl2O3. The molecular weight excluding hydrogens is 359 g/mol. The molecule has 3 aromatic rings. The molecule has 25 heavy (non-hydrogen) atoms. The number of ether oxygens (including phenoxy) is 2. The van der Waals surface area contributed by atoms with Crippen LogP contribution in [0.1, 0.15) is 10.4 Å². The van der Waals surface area contributed by atoms with Crippen molar-refractivity contribution in [3.63, 3.8) is 0 Å². The highest BCUT2D eigenvalue weighted by molar-refractivity contribution is 6.35. The number of esters is 1. The number of benzene rings is 3. The first-order chi connectivity index (χ1) is 12.1. The van der Waals surface area contributed by atoms with E-state index < -0.39 is 0 Å². The summed E-state index contributed by atoms with van der Waals surface area (Å²) >= 11 is 12.0. The summed E-state index contributed by atoms with van der Waals surface area (Å²) in [6, 6.07) is 19.9. The molecule has 0 heterocycles. The number of rotatable bonds is 4. The zero-order chi connectivity index (χ0) is 17.8. The molecule has 3 nitrogen and oxygen atoms in total. The third-order valence-electron chi connectivity index (χ3n) is 3.62. The van der Waals surface area contributed by atoms with Gasteiger partial charge in [-0.15, -0.1) is 0 Å². The Balaban J connectivity index is 1.76. The first kappa shape index (κ1) is 17.3. The van der Waals surface area contributed by atoms with Crippen LogP contribution in [0.5, 0.6) is 11.5 Å². The van der Waals surface area contributed by atoms with Crippen molar-refractivity contribution in [1.82, 2.24) is 0 Å². The SMILES string of the molecule is COC(=O)c1ccc(-c2ccc(Oc3ccc(Cl)cc3Cl)cc2)cc1. The highest BCUT2D eigenvalue weighted by atomic mass is 35.5. The summed E-state index contributed by atoms with van der Waals surface area (Å²) in [4.78, 5) is 11.5. The molecule has 0 aliphatic rings. The lowest BCUT2D eigenvalue weighted by Gasteiger charge is -2.09. The van der Waals surface area contributed by atoms with E-state index in [2.05, 4.69) is 0 Å². The molecule has 0 bridgehead atoms. The van der Waals surface area contributed by atoms with Gasteiger partial charge in [0.25, 0.3) is 0 Å². The van der Waals surface area contributed by atoms with Crippen molar-refractivity contribution < 1.29 is 14.3 Å². The van der Waals surface area contributed by atoms with E-state index in [0.29, 0.717) is 27.1 Å². The number of methoxy groups -OCH3 is 1. The van der Waals surface area contributed by atoms with Gasteiger partial charge < -0.3 is 9.47 Å². The van der Waals surface area contributed by atoms with E-state index in [9.17, 15) is 4.79 Å². The predicted molar refractivity (Wildman–Crippen MR) is 99.8 cm³/mol. The van der Waals surface area contributed by atoms with E-state index in [-0.39, 0.29) is 5.97 Å². The van der Waals surface area contributed by atoms with E-state index in [1.807, 2.05) is 36.4 Å². The fourth-order valence-electron chi connectivity index (χ4n) is 2.32. The lowest BCUT2D eigenvalue weighted by molar-refractivity contribution is 0.0601. The molecule has 0 amide bonds. The van der Waals surface area contributed by atoms with Gasteiger partial charge in [0.1, 0.15) is 11.5 Å². The topological polar surface area (TPSA) is 35.5 Å². The molecule has 0 aliphatic heterocycles. The molecule has 0 fully saturated rings. The molecule has 0 aliphatic carbocycles. The number of carbonyl (C=O) groups is 1. The maximum absolute atomic E-state index is 11.5. The minimum atomic E-state index is -0.352. The average Bonchev–Trinajstić information content (AvgIpc) is 2.64. The number of hydrogen-bond donors (Lipinski definition) is 0. The third-order valence-corrected chi connectivity index (χ3v) is 4.15. The monoisotopic (exact) mass is 372 g/mol. The second kappa shape index (κ2) is 7.60. The molecule has 0 radical (unpaired) electrons. The summed E-state index contributed by atoms with van der Waals surface area (Å²) in [5, 5.41) is 1.01. The van der Waals surface area contributed by atoms with Gasteiger partial charge in [-0.3, -0.25) is 0 Å². The van der Waals surface area contributed by atoms with Crippen molar-refractivity contribution in [3.05, 3.63) is 82.3 Å². The predicted octanol–water partition coefficient (Wildman–Crippen LogP) is 6.24. The van der Waals surface area contributed by atoms with Gasteiger partial charge in [0.05, 0.1) is 17.7 Å². The molecule has 0 unspecified atom stereocenters. The Morgan fingerprint density at radius 2 is 1.44 bits per heavy atom. The van der Waals surface area contributed by atoms with Gasteiger partial charge in [0.15, 0.2) is 0 Å². The first-order valence-corrected chi connectivity index (χ1v) is 8.24. The van der Waals surface area contributed by atoms with Crippen LogP contribution in [0.3, 0.4) is 0 Å². The van der Waals surface area contributed by atoms with Gasteiger partial charge in [-0.25, -0.2) is 4.79 Å². The minimum Gasteiger partial charge on any atom is -0.465 e. The van der Waals surface area contributed by atoms with E-state index in [0.717, 1.165) is 11.1 Å². The summed E-state index contributed by atoms with van der Waals surface area (Å²) in [6.45, 7) is 0. The van der Waals surface area contributed by atoms with E-state index in [4.69, 9.17) is 32.7 Å². The second-order valence-corrected chi connectivity index (χ2v) is 6.11. The fourth-order valence-corrected chi connectivity index (χ4v) is 2.76. The highest BCUT2D eigenvalue weighted by Gasteiger charge is 2.07. The summed E-state index contributed by atoms with van der Waals surface area (Å²) in [7, 11) is 1.36. The van der Waals surface area contributed by atoms with Gasteiger partial charge in [0, 0.05) is 5.02 Å². The molecule has 0 N–H and O–H groups in total. The highest BCUT2D eigenvalue weighted by Crippen LogP contribution is 2.32. The first-order valence-electron chi connectivity index (χ1n) is 7.48. The van der Waals surface area contributed by atoms with Crippen LogP contribution in [0.15, 0.2) is 66.7 Å². The Morgan fingerprint density at radius 3 is 2.00 bits per heavy atom. The zero-order valence-electron chi connectivity index (χ0n) is 13.3. The normalized spacial score (nSPS) is 10.4. The van der Waals surface area contributed by atoms with Gasteiger partial charge >= 0.3 is 5.97 Å². The maximum Gasteiger partial charge on any atom is 0.337 e. The molecule has 0 spiro atoms. The van der Waals surface area contributed by atoms with Crippen LogP contribution < -0.4 is 4.74 Å².